The van der Waals surface area contributed by atoms with Crippen LogP contribution in [-0.2, 0) is 0 Å². The highest BCUT2D eigenvalue weighted by Gasteiger charge is 2.31. The Morgan fingerprint density at radius 3 is 2.50 bits per heavy atom. The Hall–Kier alpha value is -0.0400. The Morgan fingerprint density at radius 1 is 1.36 bits per heavy atom. The van der Waals surface area contributed by atoms with Gasteiger partial charge in [-0.1, -0.05) is 27.7 Å². The van der Waals surface area contributed by atoms with E-state index in [9.17, 15) is 0 Å². The third-order valence-corrected chi connectivity index (χ3v) is 3.52. The molecule has 1 aliphatic rings. The van der Waals surface area contributed by atoms with Crippen LogP contribution in [0.3, 0.4) is 0 Å². The molecule has 0 unspecified atom stereocenters. The van der Waals surface area contributed by atoms with Crippen LogP contribution in [0.4, 0.5) is 0 Å². The molecule has 1 saturated carbocycles. The zero-order valence-electron chi connectivity index (χ0n) is 10.6. The molecule has 84 valence electrons. The third kappa shape index (κ3) is 3.61. The van der Waals surface area contributed by atoms with Crippen LogP contribution in [0.5, 0.6) is 0 Å². The summed E-state index contributed by atoms with van der Waals surface area (Å²) in [5, 5.41) is 3.75. The van der Waals surface area contributed by atoms with E-state index in [1.165, 1.54) is 25.7 Å². The van der Waals surface area contributed by atoms with Crippen LogP contribution < -0.4 is 5.32 Å². The quantitative estimate of drug-likeness (QED) is 0.729. The fourth-order valence-electron chi connectivity index (χ4n) is 2.99. The van der Waals surface area contributed by atoms with E-state index < -0.39 is 0 Å². The molecule has 3 atom stereocenters. The fourth-order valence-corrected chi connectivity index (χ4v) is 2.99. The van der Waals surface area contributed by atoms with Crippen molar-refractivity contribution in [3.8, 4) is 0 Å². The topological polar surface area (TPSA) is 12.0 Å². The maximum atomic E-state index is 3.75. The van der Waals surface area contributed by atoms with Crippen molar-refractivity contribution < 1.29 is 0 Å². The zero-order valence-corrected chi connectivity index (χ0v) is 10.6. The first kappa shape index (κ1) is 12.0. The molecule has 1 rings (SSSR count). The van der Waals surface area contributed by atoms with Crippen LogP contribution in [0.25, 0.3) is 0 Å². The summed E-state index contributed by atoms with van der Waals surface area (Å²) < 4.78 is 0. The normalized spacial score (nSPS) is 34.1. The lowest BCUT2D eigenvalue weighted by Gasteiger charge is -2.40. The number of rotatable bonds is 3. The summed E-state index contributed by atoms with van der Waals surface area (Å²) in [5.41, 5.74) is 0.544. The van der Waals surface area contributed by atoms with Gasteiger partial charge in [-0.05, 0) is 43.9 Å². The summed E-state index contributed by atoms with van der Waals surface area (Å²) in [6, 6.07) is 1.43. The van der Waals surface area contributed by atoms with Crippen LogP contribution in [-0.4, -0.2) is 12.1 Å². The molecule has 0 aromatic rings. The van der Waals surface area contributed by atoms with Gasteiger partial charge >= 0.3 is 0 Å². The summed E-state index contributed by atoms with van der Waals surface area (Å²) in [6.07, 6.45) is 5.35. The van der Waals surface area contributed by atoms with E-state index in [0.29, 0.717) is 11.5 Å². The third-order valence-electron chi connectivity index (χ3n) is 3.52. The molecule has 14 heavy (non-hydrogen) atoms. The lowest BCUT2D eigenvalue weighted by Crippen LogP contribution is -2.43. The van der Waals surface area contributed by atoms with Gasteiger partial charge in [-0.2, -0.15) is 0 Å². The molecule has 0 spiro atoms. The van der Waals surface area contributed by atoms with Gasteiger partial charge in [0.1, 0.15) is 0 Å². The van der Waals surface area contributed by atoms with Crippen molar-refractivity contribution >= 4 is 0 Å². The smallest absolute Gasteiger partial charge is 0.00771 e. The minimum Gasteiger partial charge on any atom is -0.311 e. The number of hydrogen-bond donors (Lipinski definition) is 1. The average Bonchev–Trinajstić information content (AvgIpc) is 1.99. The van der Waals surface area contributed by atoms with E-state index in [1.54, 1.807) is 0 Å². The molecule has 1 nitrogen and oxygen atoms in total. The molecule has 0 saturated heterocycles. The number of hydrogen-bond acceptors (Lipinski definition) is 1. The van der Waals surface area contributed by atoms with Crippen molar-refractivity contribution in [2.24, 2.45) is 11.3 Å². The largest absolute Gasteiger partial charge is 0.311 e. The second kappa shape index (κ2) is 4.65. The molecular formula is C13H27N. The number of nitrogens with one attached hydrogen (secondary N) is 1. The molecule has 0 bridgehead atoms. The summed E-state index contributed by atoms with van der Waals surface area (Å²) >= 11 is 0. The van der Waals surface area contributed by atoms with Gasteiger partial charge in [0.05, 0.1) is 0 Å². The van der Waals surface area contributed by atoms with Gasteiger partial charge in [0.15, 0.2) is 0 Å². The molecule has 1 aliphatic carbocycles. The highest BCUT2D eigenvalue weighted by Crippen LogP contribution is 2.38. The highest BCUT2D eigenvalue weighted by atomic mass is 14.9. The van der Waals surface area contributed by atoms with Crippen LogP contribution in [0.1, 0.15) is 60.3 Å². The fraction of sp³-hybridized carbons (Fsp3) is 1.00. The molecule has 0 radical (unpaired) electrons. The second-order valence-corrected chi connectivity index (χ2v) is 6.09. The maximum Gasteiger partial charge on any atom is 0.00771 e. The predicted octanol–water partition coefficient (Wildman–Crippen LogP) is 3.59. The first-order valence-electron chi connectivity index (χ1n) is 6.19. The highest BCUT2D eigenvalue weighted by molar-refractivity contribution is 4.87. The van der Waals surface area contributed by atoms with Crippen molar-refractivity contribution in [2.75, 3.05) is 0 Å². The molecule has 1 fully saturated rings. The van der Waals surface area contributed by atoms with E-state index in [2.05, 4.69) is 39.9 Å². The van der Waals surface area contributed by atoms with E-state index in [4.69, 9.17) is 0 Å². The van der Waals surface area contributed by atoms with Gasteiger partial charge in [-0.15, -0.1) is 0 Å². The average molecular weight is 197 g/mol. The summed E-state index contributed by atoms with van der Waals surface area (Å²) in [4.78, 5) is 0. The lowest BCUT2D eigenvalue weighted by molar-refractivity contribution is 0.145. The molecular weight excluding hydrogens is 170 g/mol. The first-order valence-corrected chi connectivity index (χ1v) is 6.19. The van der Waals surface area contributed by atoms with E-state index in [1.807, 2.05) is 0 Å². The van der Waals surface area contributed by atoms with Gasteiger partial charge in [-0.3, -0.25) is 0 Å². The van der Waals surface area contributed by atoms with Crippen LogP contribution >= 0.6 is 0 Å². The summed E-state index contributed by atoms with van der Waals surface area (Å²) in [7, 11) is 0. The summed E-state index contributed by atoms with van der Waals surface area (Å²) in [5.74, 6) is 0.889. The van der Waals surface area contributed by atoms with Gasteiger partial charge in [-0.25, -0.2) is 0 Å². The molecule has 0 aromatic heterocycles. The Kier molecular flexibility index (Phi) is 4.00. The SMILES string of the molecule is CC[C@H](C)N[C@H]1C[C@H](C)CC(C)(C)C1. The van der Waals surface area contributed by atoms with Gasteiger partial charge in [0.25, 0.3) is 0 Å². The minimum absolute atomic E-state index is 0.544. The van der Waals surface area contributed by atoms with E-state index in [-0.39, 0.29) is 0 Å². The Morgan fingerprint density at radius 2 is 2.00 bits per heavy atom. The Balaban J connectivity index is 2.45. The standard InChI is InChI=1S/C13H27N/c1-6-11(3)14-12-7-10(2)8-13(4,5)9-12/h10-12,14H,6-9H2,1-5H3/t10-,11-,12-/m0/s1. The molecule has 0 heterocycles. The van der Waals surface area contributed by atoms with Crippen LogP contribution in [0, 0.1) is 11.3 Å². The molecule has 0 aliphatic heterocycles. The van der Waals surface area contributed by atoms with Crippen molar-refractivity contribution in [1.82, 2.24) is 5.32 Å². The van der Waals surface area contributed by atoms with Crippen LogP contribution in [0.15, 0.2) is 0 Å². The molecule has 1 heteroatoms. The van der Waals surface area contributed by atoms with E-state index >= 15 is 0 Å². The summed E-state index contributed by atoms with van der Waals surface area (Å²) in [6.45, 7) is 11.8. The van der Waals surface area contributed by atoms with Crippen molar-refractivity contribution in [3.05, 3.63) is 0 Å². The van der Waals surface area contributed by atoms with E-state index in [0.717, 1.165) is 12.0 Å². The van der Waals surface area contributed by atoms with Crippen molar-refractivity contribution in [2.45, 2.75) is 72.4 Å². The zero-order chi connectivity index (χ0) is 10.8. The first-order chi connectivity index (χ1) is 6.43. The Labute approximate surface area is 89.7 Å². The Bertz CT molecular complexity index is 174. The molecule has 0 aromatic carbocycles. The maximum absolute atomic E-state index is 3.75. The molecule has 0 amide bonds. The van der Waals surface area contributed by atoms with Crippen molar-refractivity contribution in [3.63, 3.8) is 0 Å². The second-order valence-electron chi connectivity index (χ2n) is 6.09. The predicted molar refractivity (Wildman–Crippen MR) is 63.5 cm³/mol. The van der Waals surface area contributed by atoms with Gasteiger partial charge in [0, 0.05) is 12.1 Å². The van der Waals surface area contributed by atoms with Gasteiger partial charge in [0.2, 0.25) is 0 Å². The minimum atomic E-state index is 0.544. The lowest BCUT2D eigenvalue weighted by atomic mass is 9.70. The van der Waals surface area contributed by atoms with Crippen molar-refractivity contribution in [1.29, 1.82) is 0 Å². The van der Waals surface area contributed by atoms with Gasteiger partial charge < -0.3 is 5.32 Å². The molecule has 1 N–H and O–H groups in total. The monoisotopic (exact) mass is 197 g/mol. The van der Waals surface area contributed by atoms with Crippen LogP contribution in [0.2, 0.25) is 0 Å².